The lowest BCUT2D eigenvalue weighted by molar-refractivity contribution is 0.385. The molecule has 17 heavy (non-hydrogen) atoms. The van der Waals surface area contributed by atoms with Crippen molar-refractivity contribution in [3.63, 3.8) is 0 Å². The van der Waals surface area contributed by atoms with Gasteiger partial charge in [-0.25, -0.2) is 0 Å². The molecule has 0 aliphatic carbocycles. The lowest BCUT2D eigenvalue weighted by atomic mass is 10.1. The number of aryl methyl sites for hydroxylation is 3. The Labute approximate surface area is 101 Å². The highest BCUT2D eigenvalue weighted by Crippen LogP contribution is 2.09. The summed E-state index contributed by atoms with van der Waals surface area (Å²) in [5, 5.41) is 7.12. The third-order valence-corrected chi connectivity index (χ3v) is 2.75. The maximum absolute atomic E-state index is 4.90. The van der Waals surface area contributed by atoms with E-state index in [2.05, 4.69) is 47.5 Å². The van der Waals surface area contributed by atoms with E-state index in [1.807, 2.05) is 0 Å². The Bertz CT molecular complexity index is 505. The SMILES string of the molecule is Cc1nc(CNCc2ccc(C)c(C)c2)no1. The van der Waals surface area contributed by atoms with Crippen molar-refractivity contribution >= 4 is 0 Å². The van der Waals surface area contributed by atoms with Gasteiger partial charge >= 0.3 is 0 Å². The zero-order chi connectivity index (χ0) is 12.3. The van der Waals surface area contributed by atoms with Crippen molar-refractivity contribution in [2.24, 2.45) is 0 Å². The first-order valence-electron chi connectivity index (χ1n) is 5.71. The lowest BCUT2D eigenvalue weighted by Crippen LogP contribution is -2.13. The minimum atomic E-state index is 0.605. The molecule has 1 aromatic heterocycles. The van der Waals surface area contributed by atoms with Crippen LogP contribution in [0.4, 0.5) is 0 Å². The molecule has 0 spiro atoms. The Morgan fingerprint density at radius 1 is 1.12 bits per heavy atom. The largest absolute Gasteiger partial charge is 0.340 e. The number of nitrogens with one attached hydrogen (secondary N) is 1. The van der Waals surface area contributed by atoms with Crippen LogP contribution in [0.1, 0.15) is 28.4 Å². The molecule has 0 amide bonds. The molecule has 0 fully saturated rings. The van der Waals surface area contributed by atoms with Crippen molar-refractivity contribution in [1.29, 1.82) is 0 Å². The molecule has 0 unspecified atom stereocenters. The third kappa shape index (κ3) is 3.14. The Morgan fingerprint density at radius 3 is 2.59 bits per heavy atom. The molecule has 90 valence electrons. The van der Waals surface area contributed by atoms with Gasteiger partial charge in [-0.1, -0.05) is 23.4 Å². The molecule has 0 atom stereocenters. The van der Waals surface area contributed by atoms with Crippen LogP contribution in [-0.2, 0) is 13.1 Å². The molecule has 1 heterocycles. The van der Waals surface area contributed by atoms with E-state index < -0.39 is 0 Å². The third-order valence-electron chi connectivity index (χ3n) is 2.75. The second kappa shape index (κ2) is 5.10. The zero-order valence-corrected chi connectivity index (χ0v) is 10.4. The monoisotopic (exact) mass is 231 g/mol. The van der Waals surface area contributed by atoms with Crippen LogP contribution in [0.3, 0.4) is 0 Å². The van der Waals surface area contributed by atoms with Gasteiger partial charge in [-0.15, -0.1) is 0 Å². The lowest BCUT2D eigenvalue weighted by Gasteiger charge is -2.05. The van der Waals surface area contributed by atoms with Gasteiger partial charge in [0.1, 0.15) is 0 Å². The quantitative estimate of drug-likeness (QED) is 0.877. The van der Waals surface area contributed by atoms with Gasteiger partial charge in [0.15, 0.2) is 5.82 Å². The van der Waals surface area contributed by atoms with Crippen molar-refractivity contribution in [1.82, 2.24) is 15.5 Å². The van der Waals surface area contributed by atoms with Crippen molar-refractivity contribution in [2.75, 3.05) is 0 Å². The molecule has 4 nitrogen and oxygen atoms in total. The highest BCUT2D eigenvalue weighted by molar-refractivity contribution is 5.29. The predicted molar refractivity (Wildman–Crippen MR) is 65.5 cm³/mol. The van der Waals surface area contributed by atoms with E-state index in [1.165, 1.54) is 16.7 Å². The van der Waals surface area contributed by atoms with E-state index >= 15 is 0 Å². The Balaban J connectivity index is 1.87. The van der Waals surface area contributed by atoms with Gasteiger partial charge in [0.25, 0.3) is 0 Å². The summed E-state index contributed by atoms with van der Waals surface area (Å²) < 4.78 is 4.90. The second-order valence-electron chi connectivity index (χ2n) is 4.25. The molecule has 4 heteroatoms. The summed E-state index contributed by atoms with van der Waals surface area (Å²) in [5.74, 6) is 1.30. The molecule has 0 aliphatic heterocycles. The number of nitrogens with zero attached hydrogens (tertiary/aromatic N) is 2. The molecule has 0 saturated carbocycles. The number of hydrogen-bond acceptors (Lipinski definition) is 4. The van der Waals surface area contributed by atoms with E-state index in [1.54, 1.807) is 6.92 Å². The Hall–Kier alpha value is -1.68. The van der Waals surface area contributed by atoms with Crippen molar-refractivity contribution in [3.05, 3.63) is 46.6 Å². The summed E-state index contributed by atoms with van der Waals surface area (Å²) in [4.78, 5) is 4.13. The van der Waals surface area contributed by atoms with Gasteiger partial charge in [0, 0.05) is 13.5 Å². The topological polar surface area (TPSA) is 51.0 Å². The highest BCUT2D eigenvalue weighted by atomic mass is 16.5. The number of hydrogen-bond donors (Lipinski definition) is 1. The van der Waals surface area contributed by atoms with E-state index in [-0.39, 0.29) is 0 Å². The molecular weight excluding hydrogens is 214 g/mol. The van der Waals surface area contributed by atoms with Crippen LogP contribution < -0.4 is 5.32 Å². The fourth-order valence-corrected chi connectivity index (χ4v) is 1.65. The standard InChI is InChI=1S/C13H17N3O/c1-9-4-5-12(6-10(9)2)7-14-8-13-15-11(3)17-16-13/h4-6,14H,7-8H2,1-3H3. The van der Waals surface area contributed by atoms with Crippen LogP contribution in [0, 0.1) is 20.8 Å². The first kappa shape index (κ1) is 11.8. The van der Waals surface area contributed by atoms with E-state index in [0.717, 1.165) is 6.54 Å². The molecule has 0 saturated heterocycles. The highest BCUT2D eigenvalue weighted by Gasteiger charge is 2.01. The first-order chi connectivity index (χ1) is 8.15. The molecule has 0 bridgehead atoms. The minimum Gasteiger partial charge on any atom is -0.340 e. The van der Waals surface area contributed by atoms with Crippen LogP contribution in [0.5, 0.6) is 0 Å². The van der Waals surface area contributed by atoms with Gasteiger partial charge < -0.3 is 9.84 Å². The van der Waals surface area contributed by atoms with Crippen molar-refractivity contribution in [2.45, 2.75) is 33.9 Å². The van der Waals surface area contributed by atoms with E-state index in [0.29, 0.717) is 18.3 Å². The van der Waals surface area contributed by atoms with Gasteiger partial charge in [-0.2, -0.15) is 4.98 Å². The number of benzene rings is 1. The first-order valence-corrected chi connectivity index (χ1v) is 5.71. The van der Waals surface area contributed by atoms with Gasteiger partial charge in [-0.3, -0.25) is 0 Å². The average molecular weight is 231 g/mol. The fraction of sp³-hybridized carbons (Fsp3) is 0.385. The molecular formula is C13H17N3O. The molecule has 0 aliphatic rings. The Kier molecular flexibility index (Phi) is 3.54. The van der Waals surface area contributed by atoms with Gasteiger partial charge in [0.2, 0.25) is 5.89 Å². The summed E-state index contributed by atoms with van der Waals surface area (Å²) in [6.07, 6.45) is 0. The van der Waals surface area contributed by atoms with Crippen LogP contribution in [-0.4, -0.2) is 10.1 Å². The summed E-state index contributed by atoms with van der Waals surface area (Å²) in [6, 6.07) is 6.48. The van der Waals surface area contributed by atoms with Gasteiger partial charge in [0.05, 0.1) is 6.54 Å². The maximum Gasteiger partial charge on any atom is 0.223 e. The average Bonchev–Trinajstić information content (AvgIpc) is 2.70. The maximum atomic E-state index is 4.90. The minimum absolute atomic E-state index is 0.605. The number of rotatable bonds is 4. The summed E-state index contributed by atoms with van der Waals surface area (Å²) in [6.45, 7) is 7.48. The summed E-state index contributed by atoms with van der Waals surface area (Å²) in [7, 11) is 0. The summed E-state index contributed by atoms with van der Waals surface area (Å²) >= 11 is 0. The van der Waals surface area contributed by atoms with E-state index in [9.17, 15) is 0 Å². The second-order valence-corrected chi connectivity index (χ2v) is 4.25. The molecule has 0 radical (unpaired) electrons. The fourth-order valence-electron chi connectivity index (χ4n) is 1.65. The smallest absolute Gasteiger partial charge is 0.223 e. The van der Waals surface area contributed by atoms with Crippen molar-refractivity contribution < 1.29 is 4.52 Å². The van der Waals surface area contributed by atoms with Gasteiger partial charge in [-0.05, 0) is 30.5 Å². The molecule has 1 N–H and O–H groups in total. The van der Waals surface area contributed by atoms with Crippen LogP contribution in [0.2, 0.25) is 0 Å². The molecule has 1 aromatic carbocycles. The normalized spacial score (nSPS) is 10.8. The van der Waals surface area contributed by atoms with Crippen LogP contribution >= 0.6 is 0 Å². The van der Waals surface area contributed by atoms with E-state index in [4.69, 9.17) is 4.52 Å². The Morgan fingerprint density at radius 2 is 1.94 bits per heavy atom. The molecule has 2 rings (SSSR count). The molecule has 2 aromatic rings. The zero-order valence-electron chi connectivity index (χ0n) is 10.4. The summed E-state index contributed by atoms with van der Waals surface area (Å²) in [5.41, 5.74) is 3.91. The van der Waals surface area contributed by atoms with Crippen LogP contribution in [0.15, 0.2) is 22.7 Å². The van der Waals surface area contributed by atoms with Crippen LogP contribution in [0.25, 0.3) is 0 Å². The number of aromatic nitrogens is 2. The van der Waals surface area contributed by atoms with Crippen molar-refractivity contribution in [3.8, 4) is 0 Å². The predicted octanol–water partition coefficient (Wildman–Crippen LogP) is 2.28.